The number of unbranched alkanes of at least 4 members (excludes halogenated alkanes) is 1. The molecular formula is C29H36ClN3O4. The average Bonchev–Trinajstić information content (AvgIpc) is 2.90. The number of piperidine rings is 1. The smallest absolute Gasteiger partial charge is 0.303 e. The summed E-state index contributed by atoms with van der Waals surface area (Å²) in [7, 11) is 1.60. The predicted octanol–water partition coefficient (Wildman–Crippen LogP) is 5.69. The second-order valence-corrected chi connectivity index (χ2v) is 10.6. The molecule has 198 valence electrons. The molecule has 0 radical (unpaired) electrons. The van der Waals surface area contributed by atoms with Gasteiger partial charge in [-0.15, -0.1) is 0 Å². The maximum Gasteiger partial charge on any atom is 0.303 e. The molecule has 3 aromatic rings. The molecule has 2 N–H and O–H groups in total. The molecule has 0 spiro atoms. The van der Waals surface area contributed by atoms with E-state index < -0.39 is 12.1 Å². The molecule has 4 rings (SSSR count). The van der Waals surface area contributed by atoms with Crippen molar-refractivity contribution in [2.75, 3.05) is 26.7 Å². The summed E-state index contributed by atoms with van der Waals surface area (Å²) < 4.78 is 5.35. The predicted molar refractivity (Wildman–Crippen MR) is 145 cm³/mol. The van der Waals surface area contributed by atoms with Crippen molar-refractivity contribution in [3.63, 3.8) is 0 Å². The number of benzene rings is 1. The first-order chi connectivity index (χ1) is 17.9. The molecule has 0 unspecified atom stereocenters. The standard InChI is InChI=1S/C29H36ClN3O4/c1-37-22-8-9-25-23(18-22)28(24(30)20-32-25)26(34)10-11-29(19-27(35)36)12-16-33(17-13-29)15-5-3-7-21-6-2-4-14-31-21/h2,4,6,8-9,14,18,20,26,34H,3,5,7,10-13,15-17,19H2,1H3,(H,35,36)/t26-/m1/s1. The van der Waals surface area contributed by atoms with E-state index in [0.717, 1.165) is 68.3 Å². The number of aliphatic hydroxyl groups is 1. The van der Waals surface area contributed by atoms with E-state index in [1.165, 1.54) is 0 Å². The number of carboxylic acid groups (broad SMARTS) is 1. The molecule has 1 fully saturated rings. The van der Waals surface area contributed by atoms with E-state index >= 15 is 0 Å². The molecule has 0 amide bonds. The largest absolute Gasteiger partial charge is 0.497 e. The minimum Gasteiger partial charge on any atom is -0.497 e. The lowest BCUT2D eigenvalue weighted by atomic mass is 9.71. The number of aliphatic carboxylic acids is 1. The van der Waals surface area contributed by atoms with E-state index in [2.05, 4.69) is 20.9 Å². The summed E-state index contributed by atoms with van der Waals surface area (Å²) in [6, 6.07) is 11.5. The van der Waals surface area contributed by atoms with E-state index in [4.69, 9.17) is 16.3 Å². The van der Waals surface area contributed by atoms with Crippen molar-refractivity contribution in [1.82, 2.24) is 14.9 Å². The summed E-state index contributed by atoms with van der Waals surface area (Å²) >= 11 is 6.48. The fraction of sp³-hybridized carbons (Fsp3) is 0.483. The van der Waals surface area contributed by atoms with Gasteiger partial charge in [-0.05, 0) is 100 Å². The summed E-state index contributed by atoms with van der Waals surface area (Å²) in [6.07, 6.45) is 8.54. The minimum atomic E-state index is -0.819. The number of methoxy groups -OCH3 is 1. The van der Waals surface area contributed by atoms with Gasteiger partial charge in [0.1, 0.15) is 5.75 Å². The average molecular weight is 526 g/mol. The lowest BCUT2D eigenvalue weighted by Crippen LogP contribution is -2.41. The first-order valence-corrected chi connectivity index (χ1v) is 13.4. The lowest BCUT2D eigenvalue weighted by Gasteiger charge is -2.41. The van der Waals surface area contributed by atoms with Gasteiger partial charge >= 0.3 is 5.97 Å². The monoisotopic (exact) mass is 525 g/mol. The lowest BCUT2D eigenvalue weighted by molar-refractivity contribution is -0.141. The van der Waals surface area contributed by atoms with E-state index in [9.17, 15) is 15.0 Å². The molecule has 7 nitrogen and oxygen atoms in total. The molecule has 0 bridgehead atoms. The zero-order chi connectivity index (χ0) is 26.3. The summed E-state index contributed by atoms with van der Waals surface area (Å²) in [6.45, 7) is 2.77. The van der Waals surface area contributed by atoms with Crippen LogP contribution in [-0.4, -0.2) is 57.8 Å². The zero-order valence-corrected chi connectivity index (χ0v) is 22.2. The van der Waals surface area contributed by atoms with Crippen LogP contribution in [0.25, 0.3) is 10.9 Å². The Kier molecular flexibility index (Phi) is 9.35. The number of likely N-dealkylation sites (tertiary alicyclic amines) is 1. The summed E-state index contributed by atoms with van der Waals surface area (Å²) in [4.78, 5) is 23.0. The van der Waals surface area contributed by atoms with Crippen LogP contribution in [0.5, 0.6) is 5.75 Å². The molecule has 1 aromatic carbocycles. The highest BCUT2D eigenvalue weighted by molar-refractivity contribution is 6.32. The van der Waals surface area contributed by atoms with Gasteiger partial charge in [0.15, 0.2) is 0 Å². The van der Waals surface area contributed by atoms with Gasteiger partial charge in [0, 0.05) is 29.0 Å². The number of ether oxygens (including phenoxy) is 1. The molecule has 37 heavy (non-hydrogen) atoms. The third-order valence-corrected chi connectivity index (χ3v) is 7.98. The van der Waals surface area contributed by atoms with Gasteiger partial charge in [0.25, 0.3) is 0 Å². The van der Waals surface area contributed by atoms with Crippen LogP contribution in [-0.2, 0) is 11.2 Å². The van der Waals surface area contributed by atoms with Gasteiger partial charge in [-0.2, -0.15) is 0 Å². The highest BCUT2D eigenvalue weighted by Gasteiger charge is 2.37. The maximum atomic E-state index is 11.8. The molecule has 3 heterocycles. The van der Waals surface area contributed by atoms with Gasteiger partial charge in [0.05, 0.1) is 30.2 Å². The fourth-order valence-electron chi connectivity index (χ4n) is 5.50. The molecule has 0 saturated carbocycles. The van der Waals surface area contributed by atoms with Crippen molar-refractivity contribution >= 4 is 28.5 Å². The second-order valence-electron chi connectivity index (χ2n) is 10.1. The number of rotatable bonds is 12. The fourth-order valence-corrected chi connectivity index (χ4v) is 5.77. The number of pyridine rings is 2. The Labute approximate surface area is 223 Å². The van der Waals surface area contributed by atoms with Crippen LogP contribution in [0.3, 0.4) is 0 Å². The molecule has 2 aromatic heterocycles. The van der Waals surface area contributed by atoms with E-state index in [-0.39, 0.29) is 11.8 Å². The normalized spacial score (nSPS) is 16.5. The molecule has 1 atom stereocenters. The number of aliphatic hydroxyl groups excluding tert-OH is 1. The van der Waals surface area contributed by atoms with E-state index in [0.29, 0.717) is 29.2 Å². The van der Waals surface area contributed by atoms with Gasteiger partial charge in [-0.3, -0.25) is 14.8 Å². The van der Waals surface area contributed by atoms with Crippen molar-refractivity contribution in [2.45, 2.75) is 57.5 Å². The summed E-state index contributed by atoms with van der Waals surface area (Å²) in [5.74, 6) is -0.116. The van der Waals surface area contributed by atoms with Crippen molar-refractivity contribution in [3.05, 3.63) is 65.1 Å². The first-order valence-electron chi connectivity index (χ1n) is 13.0. The summed E-state index contributed by atoms with van der Waals surface area (Å²) in [5.41, 5.74) is 2.16. The topological polar surface area (TPSA) is 95.8 Å². The highest BCUT2D eigenvalue weighted by atomic mass is 35.5. The second kappa shape index (κ2) is 12.7. The van der Waals surface area contributed by atoms with Crippen LogP contribution in [0.4, 0.5) is 0 Å². The number of fused-ring (bicyclic) bond motifs is 1. The SMILES string of the molecule is COc1ccc2ncc(Cl)c([C@H](O)CCC3(CC(=O)O)CCN(CCCCc4ccccn4)CC3)c2c1. The molecule has 1 aliphatic heterocycles. The molecule has 1 saturated heterocycles. The highest BCUT2D eigenvalue weighted by Crippen LogP contribution is 2.43. The number of aromatic nitrogens is 2. The molecular weight excluding hydrogens is 490 g/mol. The minimum absolute atomic E-state index is 0.117. The van der Waals surface area contributed by atoms with E-state index in [1.807, 2.05) is 36.5 Å². The molecule has 0 aliphatic carbocycles. The van der Waals surface area contributed by atoms with Gasteiger partial charge in [0.2, 0.25) is 0 Å². The van der Waals surface area contributed by atoms with Crippen LogP contribution in [0, 0.1) is 5.41 Å². The van der Waals surface area contributed by atoms with Crippen molar-refractivity contribution in [3.8, 4) is 5.75 Å². The zero-order valence-electron chi connectivity index (χ0n) is 21.4. The number of carbonyl (C=O) groups is 1. The number of carboxylic acids is 1. The maximum absolute atomic E-state index is 11.8. The Hall–Kier alpha value is -2.74. The van der Waals surface area contributed by atoms with Crippen LogP contribution in [0.1, 0.15) is 62.3 Å². The number of halogens is 1. The third-order valence-electron chi connectivity index (χ3n) is 7.68. The van der Waals surface area contributed by atoms with Crippen LogP contribution in [0.15, 0.2) is 48.8 Å². The third kappa shape index (κ3) is 7.18. The number of nitrogens with zero attached hydrogens (tertiary/aromatic N) is 3. The van der Waals surface area contributed by atoms with Crippen LogP contribution < -0.4 is 4.74 Å². The Morgan fingerprint density at radius 3 is 2.70 bits per heavy atom. The first kappa shape index (κ1) is 27.3. The number of hydrogen-bond acceptors (Lipinski definition) is 6. The van der Waals surface area contributed by atoms with E-state index in [1.54, 1.807) is 13.3 Å². The van der Waals surface area contributed by atoms with Gasteiger partial charge < -0.3 is 19.8 Å². The Balaban J connectivity index is 1.35. The van der Waals surface area contributed by atoms with Crippen LogP contribution in [0.2, 0.25) is 5.02 Å². The number of aryl methyl sites for hydroxylation is 1. The van der Waals surface area contributed by atoms with Gasteiger partial charge in [-0.25, -0.2) is 0 Å². The molecule has 1 aliphatic rings. The Morgan fingerprint density at radius 2 is 2.00 bits per heavy atom. The van der Waals surface area contributed by atoms with Crippen molar-refractivity contribution in [2.24, 2.45) is 5.41 Å². The Morgan fingerprint density at radius 1 is 1.19 bits per heavy atom. The van der Waals surface area contributed by atoms with Crippen LogP contribution >= 0.6 is 11.6 Å². The Bertz CT molecular complexity index is 1180. The molecule has 8 heteroatoms. The van der Waals surface area contributed by atoms with Crippen molar-refractivity contribution < 1.29 is 19.7 Å². The summed E-state index contributed by atoms with van der Waals surface area (Å²) in [5, 5.41) is 22.1. The van der Waals surface area contributed by atoms with Crippen molar-refractivity contribution in [1.29, 1.82) is 0 Å². The van der Waals surface area contributed by atoms with Gasteiger partial charge in [-0.1, -0.05) is 17.7 Å². The quantitative estimate of drug-likeness (QED) is 0.293. The number of hydrogen-bond donors (Lipinski definition) is 2.